The summed E-state index contributed by atoms with van der Waals surface area (Å²) < 4.78 is 26.1. The quantitative estimate of drug-likeness (QED) is 0.459. The number of hydrogen-bond donors (Lipinski definition) is 4. The highest BCUT2D eigenvalue weighted by molar-refractivity contribution is 6.07. The standard InChI is InChI=1S/C18H15F2N5O3/c19-12-6-5-11(7-13(12)20)22-16(27)8-14-17(28)24-18(23-14)25-21-9-10-3-1-2-4-15(10)26/h1-7,9,14,26H,8H2,(H,22,27)(H2,23,24,25,28)/b21-9-/t14-/m0/s1. The van der Waals surface area contributed by atoms with Crippen molar-refractivity contribution in [3.63, 3.8) is 0 Å². The van der Waals surface area contributed by atoms with Gasteiger partial charge in [-0.2, -0.15) is 5.10 Å². The van der Waals surface area contributed by atoms with E-state index in [0.29, 0.717) is 5.56 Å². The van der Waals surface area contributed by atoms with Crippen LogP contribution >= 0.6 is 0 Å². The number of rotatable bonds is 5. The first kappa shape index (κ1) is 19.0. The van der Waals surface area contributed by atoms with Gasteiger partial charge in [0.2, 0.25) is 11.9 Å². The highest BCUT2D eigenvalue weighted by atomic mass is 19.2. The highest BCUT2D eigenvalue weighted by Crippen LogP contribution is 2.15. The minimum absolute atomic E-state index is 0.0391. The number of aliphatic imine (C=N–C) groups is 1. The van der Waals surface area contributed by atoms with Crippen molar-refractivity contribution in [2.45, 2.75) is 12.5 Å². The number of anilines is 1. The predicted molar refractivity (Wildman–Crippen MR) is 97.8 cm³/mol. The third-order valence-corrected chi connectivity index (χ3v) is 3.72. The van der Waals surface area contributed by atoms with Crippen LogP contribution in [0.2, 0.25) is 0 Å². The lowest BCUT2D eigenvalue weighted by Gasteiger charge is -2.07. The van der Waals surface area contributed by atoms with Crippen LogP contribution in [0.15, 0.2) is 52.6 Å². The molecule has 4 N–H and O–H groups in total. The van der Waals surface area contributed by atoms with Gasteiger partial charge in [0.15, 0.2) is 11.6 Å². The lowest BCUT2D eigenvalue weighted by atomic mass is 10.2. The number of nitrogens with one attached hydrogen (secondary N) is 3. The van der Waals surface area contributed by atoms with Gasteiger partial charge in [-0.3, -0.25) is 14.9 Å². The van der Waals surface area contributed by atoms with E-state index >= 15 is 0 Å². The van der Waals surface area contributed by atoms with E-state index in [9.17, 15) is 23.5 Å². The number of benzene rings is 2. The summed E-state index contributed by atoms with van der Waals surface area (Å²) in [5.74, 6) is -3.14. The molecule has 1 heterocycles. The van der Waals surface area contributed by atoms with Crippen LogP contribution in [0.4, 0.5) is 14.5 Å². The molecule has 144 valence electrons. The minimum atomic E-state index is -1.09. The molecule has 10 heteroatoms. The summed E-state index contributed by atoms with van der Waals surface area (Å²) in [6, 6.07) is 8.46. The number of guanidine groups is 1. The van der Waals surface area contributed by atoms with Crippen molar-refractivity contribution in [2.75, 3.05) is 5.32 Å². The first-order valence-corrected chi connectivity index (χ1v) is 8.13. The van der Waals surface area contributed by atoms with Crippen LogP contribution in [-0.4, -0.2) is 35.1 Å². The summed E-state index contributed by atoms with van der Waals surface area (Å²) in [5, 5.41) is 18.3. The molecule has 2 amide bonds. The lowest BCUT2D eigenvalue weighted by molar-refractivity contribution is -0.123. The summed E-state index contributed by atoms with van der Waals surface area (Å²) >= 11 is 0. The second-order valence-electron chi connectivity index (χ2n) is 5.79. The van der Waals surface area contributed by atoms with Crippen LogP contribution in [0.3, 0.4) is 0 Å². The smallest absolute Gasteiger partial charge is 0.252 e. The average molecular weight is 387 g/mol. The minimum Gasteiger partial charge on any atom is -0.507 e. The van der Waals surface area contributed by atoms with Crippen LogP contribution in [-0.2, 0) is 9.59 Å². The fourth-order valence-corrected chi connectivity index (χ4v) is 2.36. The summed E-state index contributed by atoms with van der Waals surface area (Å²) in [4.78, 5) is 27.9. The molecule has 0 bridgehead atoms. The Bertz CT molecular complexity index is 977. The van der Waals surface area contributed by atoms with Crippen molar-refractivity contribution in [2.24, 2.45) is 10.1 Å². The summed E-state index contributed by atoms with van der Waals surface area (Å²) in [7, 11) is 0. The maximum atomic E-state index is 13.2. The average Bonchev–Trinajstić information content (AvgIpc) is 2.99. The molecule has 8 nitrogen and oxygen atoms in total. The van der Waals surface area contributed by atoms with Gasteiger partial charge in [0.25, 0.3) is 5.91 Å². The number of phenols is 1. The molecule has 0 saturated heterocycles. The number of carbonyl (C=O) groups excluding carboxylic acids is 2. The first-order chi connectivity index (χ1) is 13.4. The fraction of sp³-hybridized carbons (Fsp3) is 0.111. The summed E-state index contributed by atoms with van der Waals surface area (Å²) in [6.45, 7) is 0. The van der Waals surface area contributed by atoms with Gasteiger partial charge in [-0.1, -0.05) is 12.1 Å². The third kappa shape index (κ3) is 4.67. The molecule has 2 aromatic rings. The molecule has 1 atom stereocenters. The maximum Gasteiger partial charge on any atom is 0.252 e. The van der Waals surface area contributed by atoms with Gasteiger partial charge < -0.3 is 10.4 Å². The number of para-hydroxylation sites is 1. The topological polar surface area (TPSA) is 115 Å². The van der Waals surface area contributed by atoms with Gasteiger partial charge in [0.05, 0.1) is 12.6 Å². The van der Waals surface area contributed by atoms with Gasteiger partial charge in [-0.05, 0) is 24.3 Å². The normalized spacial score (nSPS) is 16.0. The van der Waals surface area contributed by atoms with Gasteiger partial charge in [-0.25, -0.2) is 19.2 Å². The Kier molecular flexibility index (Phi) is 5.58. The van der Waals surface area contributed by atoms with E-state index in [1.54, 1.807) is 18.2 Å². The van der Waals surface area contributed by atoms with Gasteiger partial charge in [0.1, 0.15) is 11.8 Å². The van der Waals surface area contributed by atoms with Crippen LogP contribution in [0, 0.1) is 11.6 Å². The molecule has 1 aliphatic heterocycles. The van der Waals surface area contributed by atoms with Gasteiger partial charge in [0, 0.05) is 17.3 Å². The summed E-state index contributed by atoms with van der Waals surface area (Å²) in [6.07, 6.45) is 1.05. The van der Waals surface area contributed by atoms with Crippen LogP contribution in [0.1, 0.15) is 12.0 Å². The molecule has 1 aliphatic rings. The number of hydrogen-bond acceptors (Lipinski definition) is 6. The molecule has 28 heavy (non-hydrogen) atoms. The Labute approximate surface area is 158 Å². The maximum absolute atomic E-state index is 13.2. The van der Waals surface area contributed by atoms with Crippen molar-refractivity contribution >= 4 is 29.7 Å². The largest absolute Gasteiger partial charge is 0.507 e. The van der Waals surface area contributed by atoms with E-state index in [2.05, 4.69) is 26.2 Å². The van der Waals surface area contributed by atoms with E-state index in [0.717, 1.165) is 12.1 Å². The molecule has 2 aromatic carbocycles. The number of halogens is 2. The van der Waals surface area contributed by atoms with Crippen molar-refractivity contribution in [3.8, 4) is 5.75 Å². The Hall–Kier alpha value is -3.82. The predicted octanol–water partition coefficient (Wildman–Crippen LogP) is 1.48. The third-order valence-electron chi connectivity index (χ3n) is 3.72. The van der Waals surface area contributed by atoms with Crippen molar-refractivity contribution in [3.05, 3.63) is 59.7 Å². The van der Waals surface area contributed by atoms with Crippen molar-refractivity contribution in [1.82, 2.24) is 10.7 Å². The molecule has 0 spiro atoms. The van der Waals surface area contributed by atoms with Gasteiger partial charge in [-0.15, -0.1) is 0 Å². The van der Waals surface area contributed by atoms with Crippen LogP contribution in [0.5, 0.6) is 5.75 Å². The number of phenolic OH excluding ortho intramolecular Hbond substituents is 1. The van der Waals surface area contributed by atoms with E-state index in [4.69, 9.17) is 0 Å². The zero-order valence-corrected chi connectivity index (χ0v) is 14.3. The Morgan fingerprint density at radius 2 is 2.04 bits per heavy atom. The number of amides is 2. The zero-order chi connectivity index (χ0) is 20.1. The summed E-state index contributed by atoms with van der Waals surface area (Å²) in [5.41, 5.74) is 3.03. The first-order valence-electron chi connectivity index (χ1n) is 8.13. The molecule has 0 unspecified atom stereocenters. The highest BCUT2D eigenvalue weighted by Gasteiger charge is 2.28. The number of nitrogens with zero attached hydrogens (tertiary/aromatic N) is 2. The van der Waals surface area contributed by atoms with Crippen LogP contribution < -0.4 is 16.1 Å². The Balaban J connectivity index is 1.56. The van der Waals surface area contributed by atoms with Gasteiger partial charge >= 0.3 is 0 Å². The second kappa shape index (κ2) is 8.25. The Morgan fingerprint density at radius 3 is 2.79 bits per heavy atom. The molecule has 0 radical (unpaired) electrons. The van der Waals surface area contributed by atoms with E-state index in [1.165, 1.54) is 18.3 Å². The second-order valence-corrected chi connectivity index (χ2v) is 5.79. The molecule has 0 aromatic heterocycles. The molecule has 0 aliphatic carbocycles. The monoisotopic (exact) mass is 387 g/mol. The number of aromatic hydroxyl groups is 1. The van der Waals surface area contributed by atoms with Crippen molar-refractivity contribution < 1.29 is 23.5 Å². The lowest BCUT2D eigenvalue weighted by Crippen LogP contribution is -2.35. The molecule has 0 fully saturated rings. The zero-order valence-electron chi connectivity index (χ0n) is 14.3. The molecule has 3 rings (SSSR count). The van der Waals surface area contributed by atoms with E-state index < -0.39 is 29.5 Å². The Morgan fingerprint density at radius 1 is 1.25 bits per heavy atom. The van der Waals surface area contributed by atoms with E-state index in [-0.39, 0.29) is 23.8 Å². The molecular formula is C18H15F2N5O3. The van der Waals surface area contributed by atoms with Crippen LogP contribution in [0.25, 0.3) is 0 Å². The number of carbonyl (C=O) groups is 2. The molecular weight excluding hydrogens is 372 g/mol. The fourth-order valence-electron chi connectivity index (χ4n) is 2.36. The number of hydrazone groups is 1. The van der Waals surface area contributed by atoms with Crippen molar-refractivity contribution in [1.29, 1.82) is 0 Å². The SMILES string of the molecule is O=C(C[C@@H]1N=C(N/N=C\c2ccccc2O)NC1=O)Nc1ccc(F)c(F)c1. The van der Waals surface area contributed by atoms with E-state index in [1.807, 2.05) is 0 Å². The molecule has 0 saturated carbocycles.